The number of hydrogen-bond acceptors (Lipinski definition) is 3. The average molecular weight is 290 g/mol. The fourth-order valence-corrected chi connectivity index (χ4v) is 2.74. The van der Waals surface area contributed by atoms with E-state index in [9.17, 15) is 18.0 Å². The van der Waals surface area contributed by atoms with Crippen LogP contribution in [0.15, 0.2) is 29.2 Å². The highest BCUT2D eigenvalue weighted by molar-refractivity contribution is 8.00. The van der Waals surface area contributed by atoms with Gasteiger partial charge in [-0.3, -0.25) is 4.79 Å². The quantitative estimate of drug-likeness (QED) is 0.870. The number of para-hydroxylation sites is 1. The summed E-state index contributed by atoms with van der Waals surface area (Å²) in [5.41, 5.74) is 1.45. The number of nitrogens with zero attached hydrogens (tertiary/aromatic N) is 1. The van der Waals surface area contributed by atoms with Crippen molar-refractivity contribution in [2.75, 3.05) is 18.0 Å². The number of carbonyl (C=O) groups is 1. The van der Waals surface area contributed by atoms with Gasteiger partial charge in [0.05, 0.1) is 5.69 Å². The van der Waals surface area contributed by atoms with Gasteiger partial charge >= 0.3 is 5.51 Å². The Hall–Kier alpha value is -1.21. The van der Waals surface area contributed by atoms with Crippen molar-refractivity contribution in [3.63, 3.8) is 0 Å². The van der Waals surface area contributed by atoms with Crippen LogP contribution in [0.1, 0.15) is 6.42 Å². The standard InChI is InChI=1S/C12H13F3N2OS/c13-12(14,15)19-10-4-2-1-3-9(10)17-7-8(6-16)5-11(17)18/h1-4,8H,5-7,16H2. The number of halogens is 3. The number of rotatable bonds is 3. The van der Waals surface area contributed by atoms with E-state index in [1.165, 1.54) is 23.1 Å². The molecule has 104 valence electrons. The van der Waals surface area contributed by atoms with Crippen LogP contribution in [0.4, 0.5) is 18.9 Å². The van der Waals surface area contributed by atoms with Gasteiger partial charge in [0.25, 0.3) is 0 Å². The van der Waals surface area contributed by atoms with Gasteiger partial charge < -0.3 is 10.6 Å². The first-order valence-electron chi connectivity index (χ1n) is 5.76. The fraction of sp³-hybridized carbons (Fsp3) is 0.417. The van der Waals surface area contributed by atoms with Gasteiger partial charge in [-0.25, -0.2) is 0 Å². The third kappa shape index (κ3) is 3.42. The molecule has 1 amide bonds. The van der Waals surface area contributed by atoms with Crippen LogP contribution >= 0.6 is 11.8 Å². The largest absolute Gasteiger partial charge is 0.446 e. The molecule has 0 bridgehead atoms. The Labute approximate surface area is 112 Å². The van der Waals surface area contributed by atoms with Crippen LogP contribution in [-0.4, -0.2) is 24.5 Å². The predicted octanol–water partition coefficient (Wildman–Crippen LogP) is 2.61. The van der Waals surface area contributed by atoms with Crippen molar-refractivity contribution in [1.82, 2.24) is 0 Å². The summed E-state index contributed by atoms with van der Waals surface area (Å²) in [5.74, 6) is -0.165. The minimum Gasteiger partial charge on any atom is -0.330 e. The van der Waals surface area contributed by atoms with E-state index in [0.29, 0.717) is 25.2 Å². The Morgan fingerprint density at radius 3 is 2.63 bits per heavy atom. The van der Waals surface area contributed by atoms with Gasteiger partial charge in [0.2, 0.25) is 5.91 Å². The molecule has 1 aromatic rings. The molecule has 7 heteroatoms. The molecule has 3 nitrogen and oxygen atoms in total. The van der Waals surface area contributed by atoms with Gasteiger partial charge in [-0.1, -0.05) is 12.1 Å². The van der Waals surface area contributed by atoms with Crippen LogP contribution in [0.3, 0.4) is 0 Å². The second-order valence-electron chi connectivity index (χ2n) is 4.33. The molecular weight excluding hydrogens is 277 g/mol. The first kappa shape index (κ1) is 14.2. The summed E-state index contributed by atoms with van der Waals surface area (Å²) in [6.45, 7) is 0.738. The highest BCUT2D eigenvalue weighted by Crippen LogP contribution is 2.42. The molecule has 1 unspecified atom stereocenters. The van der Waals surface area contributed by atoms with E-state index in [0.717, 1.165) is 0 Å². The second-order valence-corrected chi connectivity index (χ2v) is 5.43. The molecule has 0 aliphatic carbocycles. The lowest BCUT2D eigenvalue weighted by molar-refractivity contribution is -0.117. The number of alkyl halides is 3. The van der Waals surface area contributed by atoms with Crippen LogP contribution in [0.2, 0.25) is 0 Å². The third-order valence-corrected chi connectivity index (χ3v) is 3.72. The maximum Gasteiger partial charge on any atom is 0.446 e. The van der Waals surface area contributed by atoms with Gasteiger partial charge in [0.15, 0.2) is 0 Å². The second kappa shape index (κ2) is 5.42. The molecule has 1 atom stereocenters. The Morgan fingerprint density at radius 1 is 1.37 bits per heavy atom. The summed E-state index contributed by atoms with van der Waals surface area (Å²) in [7, 11) is 0. The number of thioether (sulfide) groups is 1. The van der Waals surface area contributed by atoms with Crippen molar-refractivity contribution in [2.45, 2.75) is 16.8 Å². The number of anilines is 1. The maximum absolute atomic E-state index is 12.5. The van der Waals surface area contributed by atoms with Crippen molar-refractivity contribution in [1.29, 1.82) is 0 Å². The van der Waals surface area contributed by atoms with Crippen molar-refractivity contribution in [2.24, 2.45) is 11.7 Å². The molecule has 2 rings (SSSR count). The summed E-state index contributed by atoms with van der Waals surface area (Å²) in [6.07, 6.45) is 0.293. The van der Waals surface area contributed by atoms with Gasteiger partial charge in [0.1, 0.15) is 0 Å². The van der Waals surface area contributed by atoms with E-state index >= 15 is 0 Å². The first-order valence-corrected chi connectivity index (χ1v) is 6.57. The van der Waals surface area contributed by atoms with E-state index in [-0.39, 0.29) is 28.5 Å². The predicted molar refractivity (Wildman–Crippen MR) is 67.9 cm³/mol. The monoisotopic (exact) mass is 290 g/mol. The number of hydrogen-bond donors (Lipinski definition) is 1. The minimum absolute atomic E-state index is 0.0106. The molecular formula is C12H13F3N2OS. The van der Waals surface area contributed by atoms with E-state index in [1.807, 2.05) is 0 Å². The Morgan fingerprint density at radius 2 is 2.05 bits per heavy atom. The molecule has 19 heavy (non-hydrogen) atoms. The normalized spacial score (nSPS) is 20.1. The molecule has 0 saturated carbocycles. The summed E-state index contributed by atoms with van der Waals surface area (Å²) < 4.78 is 37.5. The molecule has 1 aliphatic heterocycles. The molecule has 0 aromatic heterocycles. The molecule has 1 aromatic carbocycles. The lowest BCUT2D eigenvalue weighted by Crippen LogP contribution is -2.26. The van der Waals surface area contributed by atoms with Crippen LogP contribution in [0.5, 0.6) is 0 Å². The average Bonchev–Trinajstić information content (AvgIpc) is 2.69. The number of benzene rings is 1. The van der Waals surface area contributed by atoms with Crippen LogP contribution in [0, 0.1) is 5.92 Å². The molecule has 0 spiro atoms. The molecule has 1 heterocycles. The Kier molecular flexibility index (Phi) is 4.05. The maximum atomic E-state index is 12.5. The van der Waals surface area contributed by atoms with Crippen molar-refractivity contribution < 1.29 is 18.0 Å². The lowest BCUT2D eigenvalue weighted by Gasteiger charge is -2.20. The zero-order chi connectivity index (χ0) is 14.0. The van der Waals surface area contributed by atoms with Crippen LogP contribution < -0.4 is 10.6 Å². The Balaban J connectivity index is 2.27. The summed E-state index contributed by atoms with van der Waals surface area (Å²) in [6, 6.07) is 6.05. The van der Waals surface area contributed by atoms with E-state index in [2.05, 4.69) is 0 Å². The molecule has 1 aliphatic rings. The highest BCUT2D eigenvalue weighted by Gasteiger charge is 2.34. The number of nitrogens with two attached hydrogens (primary N) is 1. The molecule has 1 fully saturated rings. The minimum atomic E-state index is -4.37. The van der Waals surface area contributed by atoms with Crippen molar-refractivity contribution >= 4 is 23.4 Å². The van der Waals surface area contributed by atoms with E-state index in [1.54, 1.807) is 6.07 Å². The van der Waals surface area contributed by atoms with Gasteiger partial charge in [-0.05, 0) is 36.4 Å². The summed E-state index contributed by atoms with van der Waals surface area (Å²) >= 11 is -0.200. The number of carbonyl (C=O) groups excluding carboxylic acids is 1. The van der Waals surface area contributed by atoms with Gasteiger partial charge in [0, 0.05) is 17.9 Å². The van der Waals surface area contributed by atoms with Gasteiger partial charge in [-0.2, -0.15) is 13.2 Å². The van der Waals surface area contributed by atoms with E-state index < -0.39 is 5.51 Å². The van der Waals surface area contributed by atoms with Crippen molar-refractivity contribution in [3.05, 3.63) is 24.3 Å². The lowest BCUT2D eigenvalue weighted by atomic mass is 10.1. The highest BCUT2D eigenvalue weighted by atomic mass is 32.2. The zero-order valence-electron chi connectivity index (χ0n) is 9.98. The van der Waals surface area contributed by atoms with Crippen LogP contribution in [0.25, 0.3) is 0 Å². The van der Waals surface area contributed by atoms with Gasteiger partial charge in [-0.15, -0.1) is 0 Å². The first-order chi connectivity index (χ1) is 8.90. The smallest absolute Gasteiger partial charge is 0.330 e. The third-order valence-electron chi connectivity index (χ3n) is 2.92. The van der Waals surface area contributed by atoms with Crippen molar-refractivity contribution in [3.8, 4) is 0 Å². The Bertz CT molecular complexity index is 478. The molecule has 2 N–H and O–H groups in total. The fourth-order valence-electron chi connectivity index (χ4n) is 2.06. The number of amides is 1. The SMILES string of the molecule is NCC1CC(=O)N(c2ccccc2SC(F)(F)F)C1. The summed E-state index contributed by atoms with van der Waals surface area (Å²) in [4.78, 5) is 13.3. The zero-order valence-corrected chi connectivity index (χ0v) is 10.8. The summed E-state index contributed by atoms with van der Waals surface area (Å²) in [5, 5.41) is 0. The van der Waals surface area contributed by atoms with Crippen LogP contribution in [-0.2, 0) is 4.79 Å². The topological polar surface area (TPSA) is 46.3 Å². The molecule has 1 saturated heterocycles. The molecule has 0 radical (unpaired) electrons. The van der Waals surface area contributed by atoms with E-state index in [4.69, 9.17) is 5.73 Å².